The monoisotopic (exact) mass is 193 g/mol. The van der Waals surface area contributed by atoms with Crippen molar-refractivity contribution in [1.82, 2.24) is 4.98 Å². The number of carbonyl (C=O) groups is 1. The summed E-state index contributed by atoms with van der Waals surface area (Å²) in [5, 5.41) is 0. The van der Waals surface area contributed by atoms with Gasteiger partial charge >= 0.3 is 0 Å². The molecule has 0 aromatic carbocycles. The number of carbonyl (C=O) groups excluding carboxylic acids is 1. The first-order chi connectivity index (χ1) is 6.81. The summed E-state index contributed by atoms with van der Waals surface area (Å²) in [5.74, 6) is 0.494. The molecule has 1 aliphatic heterocycles. The van der Waals surface area contributed by atoms with E-state index in [-0.39, 0.29) is 0 Å². The molecule has 76 valence electrons. The molecule has 0 radical (unpaired) electrons. The minimum Gasteiger partial charge on any atom is -0.381 e. The van der Waals surface area contributed by atoms with Crippen LogP contribution in [0.15, 0.2) is 6.07 Å². The molecule has 2 heterocycles. The van der Waals surface area contributed by atoms with Crippen molar-refractivity contribution in [3.8, 4) is 0 Å². The van der Waals surface area contributed by atoms with Crippen LogP contribution in [0.5, 0.6) is 0 Å². The van der Waals surface area contributed by atoms with E-state index in [0.717, 1.165) is 43.7 Å². The fourth-order valence-electron chi connectivity index (χ4n) is 2.08. The van der Waals surface area contributed by atoms with Gasteiger partial charge < -0.3 is 9.72 Å². The molecule has 1 N–H and O–H groups in total. The summed E-state index contributed by atoms with van der Waals surface area (Å²) < 4.78 is 5.30. The van der Waals surface area contributed by atoms with Crippen LogP contribution in [0.4, 0.5) is 0 Å². The highest BCUT2D eigenvalue weighted by molar-refractivity contribution is 5.75. The average molecular weight is 193 g/mol. The second kappa shape index (κ2) is 3.96. The largest absolute Gasteiger partial charge is 0.381 e. The Labute approximate surface area is 83.5 Å². The fourth-order valence-corrected chi connectivity index (χ4v) is 2.08. The Hall–Kier alpha value is -1.09. The number of aromatic nitrogens is 1. The van der Waals surface area contributed by atoms with Crippen LogP contribution in [0.2, 0.25) is 0 Å². The van der Waals surface area contributed by atoms with E-state index in [1.807, 2.05) is 6.92 Å². The van der Waals surface area contributed by atoms with E-state index in [1.54, 1.807) is 0 Å². The minimum atomic E-state index is 0.494. The maximum atomic E-state index is 10.8. The van der Waals surface area contributed by atoms with E-state index in [9.17, 15) is 4.79 Å². The van der Waals surface area contributed by atoms with Crippen LogP contribution < -0.4 is 0 Å². The summed E-state index contributed by atoms with van der Waals surface area (Å²) in [4.78, 5) is 13.9. The highest BCUT2D eigenvalue weighted by Crippen LogP contribution is 2.29. The molecule has 0 amide bonds. The van der Waals surface area contributed by atoms with Crippen molar-refractivity contribution in [1.29, 1.82) is 0 Å². The zero-order chi connectivity index (χ0) is 9.97. The molecule has 1 aliphatic rings. The van der Waals surface area contributed by atoms with Gasteiger partial charge in [-0.05, 0) is 37.3 Å². The fraction of sp³-hybridized carbons (Fsp3) is 0.545. The quantitative estimate of drug-likeness (QED) is 0.730. The molecule has 1 fully saturated rings. The summed E-state index contributed by atoms with van der Waals surface area (Å²) >= 11 is 0. The molecule has 0 aliphatic carbocycles. The maximum absolute atomic E-state index is 10.8. The van der Waals surface area contributed by atoms with Gasteiger partial charge in [0, 0.05) is 18.9 Å². The summed E-state index contributed by atoms with van der Waals surface area (Å²) in [5.41, 5.74) is 2.98. The molecule has 0 atom stereocenters. The number of aromatic amines is 1. The van der Waals surface area contributed by atoms with E-state index >= 15 is 0 Å². The van der Waals surface area contributed by atoms with Crippen molar-refractivity contribution in [3.05, 3.63) is 23.0 Å². The second-order valence-electron chi connectivity index (χ2n) is 3.83. The van der Waals surface area contributed by atoms with Crippen LogP contribution in [0.3, 0.4) is 0 Å². The number of hydrogen-bond acceptors (Lipinski definition) is 2. The molecule has 2 rings (SSSR count). The van der Waals surface area contributed by atoms with Crippen molar-refractivity contribution in [2.45, 2.75) is 25.7 Å². The van der Waals surface area contributed by atoms with Crippen molar-refractivity contribution in [3.63, 3.8) is 0 Å². The highest BCUT2D eigenvalue weighted by Gasteiger charge is 2.19. The topological polar surface area (TPSA) is 42.1 Å². The van der Waals surface area contributed by atoms with E-state index < -0.39 is 0 Å². The van der Waals surface area contributed by atoms with Crippen LogP contribution in [0.1, 0.15) is 40.5 Å². The second-order valence-corrected chi connectivity index (χ2v) is 3.83. The standard InChI is InChI=1S/C11H15NO2/c1-8-6-10(11(7-13)12-8)9-2-4-14-5-3-9/h6-7,9,12H,2-5H2,1H3. The molecule has 14 heavy (non-hydrogen) atoms. The Morgan fingerprint density at radius 2 is 2.21 bits per heavy atom. The molecule has 3 heteroatoms. The molecule has 1 aromatic rings. The number of ether oxygens (including phenoxy) is 1. The van der Waals surface area contributed by atoms with Crippen LogP contribution in [-0.2, 0) is 4.74 Å². The molecule has 0 saturated carbocycles. The summed E-state index contributed by atoms with van der Waals surface area (Å²) in [7, 11) is 0. The molecule has 1 aromatic heterocycles. The van der Waals surface area contributed by atoms with Gasteiger partial charge in [-0.2, -0.15) is 0 Å². The lowest BCUT2D eigenvalue weighted by molar-refractivity contribution is 0.0849. The predicted molar refractivity (Wildman–Crippen MR) is 53.7 cm³/mol. The number of aldehydes is 1. The van der Waals surface area contributed by atoms with E-state index in [4.69, 9.17) is 4.74 Å². The third kappa shape index (κ3) is 1.73. The molecule has 1 saturated heterocycles. The number of aryl methyl sites for hydroxylation is 1. The zero-order valence-corrected chi connectivity index (χ0v) is 8.38. The Kier molecular flexibility index (Phi) is 2.68. The number of H-pyrrole nitrogens is 1. The van der Waals surface area contributed by atoms with Gasteiger partial charge in [0.15, 0.2) is 6.29 Å². The first kappa shape index (κ1) is 9.46. The van der Waals surface area contributed by atoms with E-state index in [2.05, 4.69) is 11.1 Å². The van der Waals surface area contributed by atoms with Crippen LogP contribution in [0, 0.1) is 6.92 Å². The first-order valence-corrected chi connectivity index (χ1v) is 5.03. The van der Waals surface area contributed by atoms with Gasteiger partial charge in [0.1, 0.15) is 0 Å². The number of hydrogen-bond donors (Lipinski definition) is 1. The van der Waals surface area contributed by atoms with Crippen molar-refractivity contribution in [2.75, 3.05) is 13.2 Å². The van der Waals surface area contributed by atoms with Gasteiger partial charge in [0.05, 0.1) is 5.69 Å². The summed E-state index contributed by atoms with van der Waals surface area (Å²) in [6.07, 6.45) is 2.97. The SMILES string of the molecule is Cc1cc(C2CCOCC2)c(C=O)[nH]1. The predicted octanol–water partition coefficient (Wildman–Crippen LogP) is 2.03. The maximum Gasteiger partial charge on any atom is 0.166 e. The van der Waals surface area contributed by atoms with E-state index in [1.165, 1.54) is 5.56 Å². The number of rotatable bonds is 2. The van der Waals surface area contributed by atoms with Gasteiger partial charge in [-0.1, -0.05) is 0 Å². The molecule has 0 bridgehead atoms. The number of nitrogens with one attached hydrogen (secondary N) is 1. The van der Waals surface area contributed by atoms with Gasteiger partial charge in [-0.3, -0.25) is 4.79 Å². The van der Waals surface area contributed by atoms with Gasteiger partial charge in [0.2, 0.25) is 0 Å². The lowest BCUT2D eigenvalue weighted by Gasteiger charge is -2.21. The highest BCUT2D eigenvalue weighted by atomic mass is 16.5. The smallest absolute Gasteiger partial charge is 0.166 e. The van der Waals surface area contributed by atoms with E-state index in [0.29, 0.717) is 5.92 Å². The molecular formula is C11H15NO2. The van der Waals surface area contributed by atoms with Gasteiger partial charge in [0.25, 0.3) is 0 Å². The molecular weight excluding hydrogens is 178 g/mol. The van der Waals surface area contributed by atoms with Crippen LogP contribution >= 0.6 is 0 Å². The molecule has 0 unspecified atom stereocenters. The Morgan fingerprint density at radius 1 is 1.50 bits per heavy atom. The van der Waals surface area contributed by atoms with Gasteiger partial charge in [-0.15, -0.1) is 0 Å². The Bertz CT molecular complexity index is 324. The molecule has 3 nitrogen and oxygen atoms in total. The third-order valence-electron chi connectivity index (χ3n) is 2.79. The zero-order valence-electron chi connectivity index (χ0n) is 8.38. The lowest BCUT2D eigenvalue weighted by atomic mass is 9.92. The first-order valence-electron chi connectivity index (χ1n) is 5.03. The van der Waals surface area contributed by atoms with Gasteiger partial charge in [-0.25, -0.2) is 0 Å². The normalized spacial score (nSPS) is 18.4. The lowest BCUT2D eigenvalue weighted by Crippen LogP contribution is -2.14. The minimum absolute atomic E-state index is 0.494. The van der Waals surface area contributed by atoms with Crippen LogP contribution in [-0.4, -0.2) is 24.5 Å². The van der Waals surface area contributed by atoms with Crippen molar-refractivity contribution in [2.24, 2.45) is 0 Å². The van der Waals surface area contributed by atoms with Crippen molar-refractivity contribution < 1.29 is 9.53 Å². The third-order valence-corrected chi connectivity index (χ3v) is 2.79. The summed E-state index contributed by atoms with van der Waals surface area (Å²) in [6.45, 7) is 3.61. The van der Waals surface area contributed by atoms with Crippen molar-refractivity contribution >= 4 is 6.29 Å². The average Bonchev–Trinajstić information content (AvgIpc) is 2.61. The molecule has 0 spiro atoms. The Morgan fingerprint density at radius 3 is 2.86 bits per heavy atom. The summed E-state index contributed by atoms with van der Waals surface area (Å²) in [6, 6.07) is 2.08. The van der Waals surface area contributed by atoms with Crippen LogP contribution in [0.25, 0.3) is 0 Å². The Balaban J connectivity index is 2.24.